The number of hydrogen-bond acceptors (Lipinski definition) is 1. The van der Waals surface area contributed by atoms with Gasteiger partial charge in [-0.3, -0.25) is 0 Å². The zero-order chi connectivity index (χ0) is 10.4. The molecule has 0 heterocycles. The van der Waals surface area contributed by atoms with Crippen LogP contribution in [0.5, 0.6) is 0 Å². The third-order valence-corrected chi connectivity index (χ3v) is 0.405. The van der Waals surface area contributed by atoms with Crippen molar-refractivity contribution < 1.29 is 110 Å². The molecule has 71 valence electrons. The molecule has 0 atom stereocenters. The summed E-state index contributed by atoms with van der Waals surface area (Å²) in [6.07, 6.45) is 4.68. The number of carbonyl (C=O) groups excluding carboxylic acids is 1. The summed E-state index contributed by atoms with van der Waals surface area (Å²) >= 11 is 0. The van der Waals surface area contributed by atoms with Crippen LogP contribution in [-0.4, -0.2) is 19.2 Å². The van der Waals surface area contributed by atoms with E-state index in [9.17, 15) is 4.79 Å². The van der Waals surface area contributed by atoms with Crippen molar-refractivity contribution >= 4 is 19.2 Å². The molecule has 0 spiro atoms. The molecule has 1 nitrogen and oxygen atoms in total. The van der Waals surface area contributed by atoms with Crippen LogP contribution in [0.3, 0.4) is 0 Å². The first kappa shape index (κ1) is 29.9. The van der Waals surface area contributed by atoms with Crippen LogP contribution < -0.4 is 103 Å². The van der Waals surface area contributed by atoms with E-state index in [1.165, 1.54) is 0 Å². The van der Waals surface area contributed by atoms with Gasteiger partial charge < -0.3 is 2.85 Å². The summed E-state index contributed by atoms with van der Waals surface area (Å²) in [4.78, 5) is 9.51. The molecule has 0 aromatic rings. The molecule has 0 fully saturated rings. The van der Waals surface area contributed by atoms with Gasteiger partial charge in [-0.05, 0) is 13.8 Å². The Bertz CT molecular complexity index is 139. The number of rotatable bonds is 2. The van der Waals surface area contributed by atoms with Crippen LogP contribution in [-0.2, 0) is 4.79 Å². The average Bonchev–Trinajstić information content (AvgIpc) is 1.89. The van der Waals surface area contributed by atoms with Gasteiger partial charge in [-0.2, -0.15) is 0 Å². The molecule has 0 aliphatic rings. The molecule has 0 aliphatic heterocycles. The van der Waals surface area contributed by atoms with E-state index >= 15 is 0 Å². The molecular formula is C10H20BK2O. The Labute approximate surface area is 178 Å². The van der Waals surface area contributed by atoms with E-state index in [-0.39, 0.29) is 106 Å². The molecule has 0 amide bonds. The van der Waals surface area contributed by atoms with Crippen molar-refractivity contribution in [1.82, 2.24) is 0 Å². The van der Waals surface area contributed by atoms with Crippen LogP contribution in [0.15, 0.2) is 25.3 Å². The number of carbonyl (C=O) groups is 1. The largest absolute Gasteiger partial charge is 1.00 e. The first-order valence-electron chi connectivity index (χ1n) is 3.76. The third kappa shape index (κ3) is 89.2. The molecular weight excluding hydrogens is 225 g/mol. The second-order valence-electron chi connectivity index (χ2n) is 2.03. The Morgan fingerprint density at radius 1 is 1.29 bits per heavy atom. The van der Waals surface area contributed by atoms with Gasteiger partial charge in [0.05, 0.1) is 0 Å². The monoisotopic (exact) mass is 245 g/mol. The second kappa shape index (κ2) is 36.2. The normalized spacial score (nSPS) is 5.00. The SMILES string of the molecule is C=CC.C=CC.[B]=C(C)CC=O.[H-].[H-].[K+].[K+]. The van der Waals surface area contributed by atoms with Gasteiger partial charge in [0, 0.05) is 0 Å². The maximum atomic E-state index is 9.51. The van der Waals surface area contributed by atoms with Gasteiger partial charge >= 0.3 is 140 Å². The predicted octanol–water partition coefficient (Wildman–Crippen LogP) is -3.45. The summed E-state index contributed by atoms with van der Waals surface area (Å²) in [5.41, 5.74) is 0.671. The molecule has 0 bridgehead atoms. The molecule has 1 radical (unpaired) electrons. The van der Waals surface area contributed by atoms with E-state index < -0.39 is 0 Å². The fraction of sp³-hybridized carbons (Fsp3) is 0.400. The van der Waals surface area contributed by atoms with Crippen molar-refractivity contribution in [1.29, 1.82) is 0 Å². The second-order valence-corrected chi connectivity index (χ2v) is 2.03. The summed E-state index contributed by atoms with van der Waals surface area (Å²) < 4.78 is 0. The van der Waals surface area contributed by atoms with Crippen LogP contribution in [0.1, 0.15) is 30.0 Å². The summed E-state index contributed by atoms with van der Waals surface area (Å²) in [6, 6.07) is 0. The molecule has 0 N–H and O–H groups in total. The van der Waals surface area contributed by atoms with Gasteiger partial charge in [0.1, 0.15) is 0 Å². The van der Waals surface area contributed by atoms with Gasteiger partial charge in [0.25, 0.3) is 0 Å². The first-order chi connectivity index (χ1) is 5.60. The maximum Gasteiger partial charge on any atom is 1.00 e. The van der Waals surface area contributed by atoms with Crippen molar-refractivity contribution in [2.45, 2.75) is 27.2 Å². The Kier molecular flexibility index (Phi) is 77.2. The van der Waals surface area contributed by atoms with Gasteiger partial charge in [0.15, 0.2) is 0 Å². The van der Waals surface area contributed by atoms with Gasteiger partial charge in [-0.1, -0.05) is 12.2 Å². The standard InChI is InChI=1S/C4H6BO.2C3H6.2K.2H/c1-4(5)2-3-6;2*1-3-2;;;;/h3H,2H2,1H3;2*3H,1H2,2H3;;;;/q;;;2*+1;2*-1. The zero-order valence-corrected chi connectivity index (χ0v) is 16.6. The van der Waals surface area contributed by atoms with Crippen LogP contribution >= 0.6 is 0 Å². The minimum atomic E-state index is 0. The fourth-order valence-electron chi connectivity index (χ4n) is 0.131. The Balaban J connectivity index is -0.0000000145. The van der Waals surface area contributed by atoms with Crippen LogP contribution in [0.2, 0.25) is 0 Å². The molecule has 0 aliphatic carbocycles. The minimum absolute atomic E-state index is 0. The van der Waals surface area contributed by atoms with Gasteiger partial charge in [0.2, 0.25) is 0 Å². The molecule has 0 unspecified atom stereocenters. The topological polar surface area (TPSA) is 17.1 Å². The zero-order valence-electron chi connectivity index (χ0n) is 12.3. The Morgan fingerprint density at radius 2 is 1.50 bits per heavy atom. The first-order valence-corrected chi connectivity index (χ1v) is 3.76. The molecule has 14 heavy (non-hydrogen) atoms. The van der Waals surface area contributed by atoms with Crippen LogP contribution in [0.4, 0.5) is 0 Å². The molecule has 0 aromatic heterocycles. The average molecular weight is 245 g/mol. The van der Waals surface area contributed by atoms with E-state index in [0.29, 0.717) is 11.9 Å². The third-order valence-electron chi connectivity index (χ3n) is 0.405. The quantitative estimate of drug-likeness (QED) is 0.281. The molecule has 0 saturated carbocycles. The fourth-order valence-corrected chi connectivity index (χ4v) is 0.131. The molecule has 4 heteroatoms. The van der Waals surface area contributed by atoms with Gasteiger partial charge in [-0.15, -0.1) is 13.2 Å². The van der Waals surface area contributed by atoms with Crippen molar-refractivity contribution in [3.05, 3.63) is 25.3 Å². The van der Waals surface area contributed by atoms with E-state index in [4.69, 9.17) is 7.49 Å². The molecule has 0 saturated heterocycles. The number of aldehydes is 1. The van der Waals surface area contributed by atoms with Crippen molar-refractivity contribution in [3.63, 3.8) is 0 Å². The summed E-state index contributed by atoms with van der Waals surface area (Å²) in [5, 5.41) is 0. The predicted molar refractivity (Wildman–Crippen MR) is 61.1 cm³/mol. The smallest absolute Gasteiger partial charge is 1.00 e. The van der Waals surface area contributed by atoms with Crippen molar-refractivity contribution in [2.24, 2.45) is 0 Å². The summed E-state index contributed by atoms with van der Waals surface area (Å²) in [7, 11) is 5.09. The Morgan fingerprint density at radius 3 is 1.50 bits per heavy atom. The summed E-state index contributed by atoms with van der Waals surface area (Å²) in [5.74, 6) is 0. The maximum absolute atomic E-state index is 9.51. The van der Waals surface area contributed by atoms with Gasteiger partial charge in [-0.25, -0.2) is 0 Å². The van der Waals surface area contributed by atoms with Crippen molar-refractivity contribution in [2.75, 3.05) is 0 Å². The van der Waals surface area contributed by atoms with E-state index in [1.54, 1.807) is 19.1 Å². The van der Waals surface area contributed by atoms with E-state index in [2.05, 4.69) is 13.2 Å². The van der Waals surface area contributed by atoms with Crippen molar-refractivity contribution in [3.8, 4) is 0 Å². The summed E-state index contributed by atoms with van der Waals surface area (Å²) in [6.45, 7) is 12.2. The Hall–Kier alpha value is 2.36. The molecule has 0 aromatic carbocycles. The van der Waals surface area contributed by atoms with E-state index in [0.717, 1.165) is 6.29 Å². The van der Waals surface area contributed by atoms with E-state index in [1.807, 2.05) is 13.8 Å². The molecule has 0 rings (SSSR count). The van der Waals surface area contributed by atoms with Crippen LogP contribution in [0.25, 0.3) is 0 Å². The van der Waals surface area contributed by atoms with Crippen LogP contribution in [0, 0.1) is 0 Å². The number of allylic oxidation sites excluding steroid dienone is 2. The minimum Gasteiger partial charge on any atom is -1.00 e. The number of hydrogen-bond donors (Lipinski definition) is 0.